The fraction of sp³-hybridized carbons (Fsp3) is 0.556. The van der Waals surface area contributed by atoms with Crippen molar-refractivity contribution >= 4 is 29.3 Å². The van der Waals surface area contributed by atoms with Gasteiger partial charge in [-0.15, -0.1) is 0 Å². The number of aromatic nitrogens is 2. The third-order valence-electron chi connectivity index (χ3n) is 2.19. The van der Waals surface area contributed by atoms with E-state index < -0.39 is 0 Å². The Bertz CT molecular complexity index is 285. The minimum absolute atomic E-state index is 0.576. The topological polar surface area (TPSA) is 37.8 Å². The molecule has 14 heavy (non-hydrogen) atoms. The van der Waals surface area contributed by atoms with E-state index in [1.807, 2.05) is 11.8 Å². The van der Waals surface area contributed by atoms with Crippen molar-refractivity contribution < 1.29 is 0 Å². The summed E-state index contributed by atoms with van der Waals surface area (Å²) < 4.78 is 0. The highest BCUT2D eigenvalue weighted by Crippen LogP contribution is 2.23. The van der Waals surface area contributed by atoms with E-state index in [1.54, 1.807) is 12.4 Å². The number of halogens is 1. The highest BCUT2D eigenvalue weighted by molar-refractivity contribution is 7.99. The zero-order valence-electron chi connectivity index (χ0n) is 7.74. The number of hydrogen-bond acceptors (Lipinski definition) is 4. The summed E-state index contributed by atoms with van der Waals surface area (Å²) in [5.74, 6) is 3.97. The van der Waals surface area contributed by atoms with Crippen LogP contribution < -0.4 is 5.32 Å². The minimum Gasteiger partial charge on any atom is -0.354 e. The lowest BCUT2D eigenvalue weighted by molar-refractivity contribution is 0.629. The Morgan fingerprint density at radius 1 is 1.50 bits per heavy atom. The second-order valence-electron chi connectivity index (χ2n) is 3.34. The SMILES string of the molecule is Clc1cnc(NCC2CCSC2)nc1. The van der Waals surface area contributed by atoms with Crippen molar-refractivity contribution in [3.63, 3.8) is 0 Å². The lowest BCUT2D eigenvalue weighted by Gasteiger charge is -2.09. The van der Waals surface area contributed by atoms with E-state index in [1.165, 1.54) is 17.9 Å². The first kappa shape index (κ1) is 10.1. The molecule has 2 heterocycles. The van der Waals surface area contributed by atoms with Crippen LogP contribution in [-0.4, -0.2) is 28.0 Å². The van der Waals surface area contributed by atoms with E-state index in [2.05, 4.69) is 15.3 Å². The maximum atomic E-state index is 5.68. The monoisotopic (exact) mass is 229 g/mol. The molecule has 0 amide bonds. The summed E-state index contributed by atoms with van der Waals surface area (Å²) in [4.78, 5) is 8.16. The smallest absolute Gasteiger partial charge is 0.222 e. The average molecular weight is 230 g/mol. The Kier molecular flexibility index (Phi) is 3.48. The summed E-state index contributed by atoms with van der Waals surface area (Å²) >= 11 is 7.70. The third-order valence-corrected chi connectivity index (χ3v) is 3.62. The largest absolute Gasteiger partial charge is 0.354 e. The first-order valence-electron chi connectivity index (χ1n) is 4.64. The van der Waals surface area contributed by atoms with Crippen LogP contribution in [0.5, 0.6) is 0 Å². The van der Waals surface area contributed by atoms with E-state index in [9.17, 15) is 0 Å². The number of thioether (sulfide) groups is 1. The van der Waals surface area contributed by atoms with E-state index in [0.29, 0.717) is 11.0 Å². The van der Waals surface area contributed by atoms with Gasteiger partial charge in [-0.3, -0.25) is 0 Å². The maximum Gasteiger partial charge on any atom is 0.222 e. The van der Waals surface area contributed by atoms with Crippen LogP contribution in [0.4, 0.5) is 5.95 Å². The van der Waals surface area contributed by atoms with Gasteiger partial charge in [0.15, 0.2) is 0 Å². The van der Waals surface area contributed by atoms with Gasteiger partial charge < -0.3 is 5.32 Å². The summed E-state index contributed by atoms with van der Waals surface area (Å²) in [7, 11) is 0. The van der Waals surface area contributed by atoms with E-state index in [0.717, 1.165) is 12.5 Å². The van der Waals surface area contributed by atoms with Gasteiger partial charge in [0.2, 0.25) is 5.95 Å². The van der Waals surface area contributed by atoms with Crippen molar-refractivity contribution in [2.45, 2.75) is 6.42 Å². The molecule has 0 radical (unpaired) electrons. The summed E-state index contributed by atoms with van der Waals surface area (Å²) in [5, 5.41) is 3.80. The molecule has 1 aromatic rings. The molecule has 0 bridgehead atoms. The van der Waals surface area contributed by atoms with Crippen molar-refractivity contribution in [1.29, 1.82) is 0 Å². The standard InChI is InChI=1S/C9H12ClN3S/c10-8-4-12-9(13-5-8)11-3-7-1-2-14-6-7/h4-5,7H,1-3,6H2,(H,11,12,13). The van der Waals surface area contributed by atoms with Crippen LogP contribution in [0.2, 0.25) is 5.02 Å². The summed E-state index contributed by atoms with van der Waals surface area (Å²) in [6.45, 7) is 0.967. The molecule has 2 rings (SSSR count). The van der Waals surface area contributed by atoms with Gasteiger partial charge in [0.1, 0.15) is 0 Å². The minimum atomic E-state index is 0.576. The van der Waals surface area contributed by atoms with E-state index in [4.69, 9.17) is 11.6 Å². The zero-order valence-corrected chi connectivity index (χ0v) is 9.31. The molecule has 1 aromatic heterocycles. The van der Waals surface area contributed by atoms with Gasteiger partial charge in [0.05, 0.1) is 17.4 Å². The Balaban J connectivity index is 1.82. The second-order valence-corrected chi connectivity index (χ2v) is 4.92. The van der Waals surface area contributed by atoms with Gasteiger partial charge >= 0.3 is 0 Å². The highest BCUT2D eigenvalue weighted by atomic mass is 35.5. The third kappa shape index (κ3) is 2.75. The molecule has 76 valence electrons. The molecule has 5 heteroatoms. The van der Waals surface area contributed by atoms with Crippen LogP contribution >= 0.6 is 23.4 Å². The molecular weight excluding hydrogens is 218 g/mol. The number of nitrogens with zero attached hydrogens (tertiary/aromatic N) is 2. The number of rotatable bonds is 3. The Hall–Kier alpha value is -0.480. The Morgan fingerprint density at radius 2 is 2.29 bits per heavy atom. The molecule has 0 aromatic carbocycles. The average Bonchev–Trinajstić information content (AvgIpc) is 2.70. The zero-order chi connectivity index (χ0) is 9.80. The van der Waals surface area contributed by atoms with Crippen LogP contribution in [0.15, 0.2) is 12.4 Å². The number of anilines is 1. The lowest BCUT2D eigenvalue weighted by Crippen LogP contribution is -2.14. The predicted octanol–water partition coefficient (Wildman–Crippen LogP) is 2.29. The van der Waals surface area contributed by atoms with Crippen molar-refractivity contribution in [3.8, 4) is 0 Å². The van der Waals surface area contributed by atoms with Crippen molar-refractivity contribution in [1.82, 2.24) is 9.97 Å². The van der Waals surface area contributed by atoms with Gasteiger partial charge in [-0.05, 0) is 23.8 Å². The van der Waals surface area contributed by atoms with E-state index in [-0.39, 0.29) is 0 Å². The molecule has 3 nitrogen and oxygen atoms in total. The number of nitrogens with one attached hydrogen (secondary N) is 1. The summed E-state index contributed by atoms with van der Waals surface area (Å²) in [6.07, 6.45) is 4.52. The Labute approximate surface area is 92.7 Å². The normalized spacial score (nSPS) is 21.1. The summed E-state index contributed by atoms with van der Waals surface area (Å²) in [6, 6.07) is 0. The molecule has 1 atom stereocenters. The lowest BCUT2D eigenvalue weighted by atomic mass is 10.1. The number of hydrogen-bond donors (Lipinski definition) is 1. The van der Waals surface area contributed by atoms with Crippen molar-refractivity contribution in [2.75, 3.05) is 23.4 Å². The Morgan fingerprint density at radius 3 is 2.93 bits per heavy atom. The molecule has 1 unspecified atom stereocenters. The fourth-order valence-corrected chi connectivity index (χ4v) is 2.77. The van der Waals surface area contributed by atoms with Crippen LogP contribution in [0, 0.1) is 5.92 Å². The van der Waals surface area contributed by atoms with Gasteiger partial charge in [0, 0.05) is 6.54 Å². The van der Waals surface area contributed by atoms with Crippen LogP contribution in [0.3, 0.4) is 0 Å². The molecule has 1 fully saturated rings. The molecule has 0 spiro atoms. The van der Waals surface area contributed by atoms with Crippen molar-refractivity contribution in [2.24, 2.45) is 5.92 Å². The van der Waals surface area contributed by atoms with Crippen LogP contribution in [-0.2, 0) is 0 Å². The second kappa shape index (κ2) is 4.84. The highest BCUT2D eigenvalue weighted by Gasteiger charge is 2.15. The maximum absolute atomic E-state index is 5.68. The first-order chi connectivity index (χ1) is 6.84. The predicted molar refractivity (Wildman–Crippen MR) is 61.0 cm³/mol. The van der Waals surface area contributed by atoms with Gasteiger partial charge in [-0.1, -0.05) is 11.6 Å². The first-order valence-corrected chi connectivity index (χ1v) is 6.17. The van der Waals surface area contributed by atoms with Gasteiger partial charge in [0.25, 0.3) is 0 Å². The van der Waals surface area contributed by atoms with Gasteiger partial charge in [-0.25, -0.2) is 9.97 Å². The molecule has 0 aliphatic carbocycles. The fourth-order valence-electron chi connectivity index (χ4n) is 1.38. The van der Waals surface area contributed by atoms with Crippen LogP contribution in [0.25, 0.3) is 0 Å². The van der Waals surface area contributed by atoms with Gasteiger partial charge in [-0.2, -0.15) is 11.8 Å². The van der Waals surface area contributed by atoms with Crippen molar-refractivity contribution in [3.05, 3.63) is 17.4 Å². The van der Waals surface area contributed by atoms with E-state index >= 15 is 0 Å². The molecule has 0 saturated carbocycles. The molecular formula is C9H12ClN3S. The molecule has 1 saturated heterocycles. The van der Waals surface area contributed by atoms with Crippen LogP contribution in [0.1, 0.15) is 6.42 Å². The molecule has 1 aliphatic heterocycles. The quantitative estimate of drug-likeness (QED) is 0.863. The molecule has 1 N–H and O–H groups in total. The summed E-state index contributed by atoms with van der Waals surface area (Å²) in [5.41, 5.74) is 0. The molecule has 1 aliphatic rings.